The van der Waals surface area contributed by atoms with Crippen LogP contribution in [-0.4, -0.2) is 25.7 Å². The molecule has 20 heavy (non-hydrogen) atoms. The molecule has 0 heterocycles. The molecule has 0 aromatic carbocycles. The molecule has 0 spiro atoms. The van der Waals surface area contributed by atoms with Crippen LogP contribution in [0.5, 0.6) is 0 Å². The molecular weight excluding hydrogens is 327 g/mol. The molecule has 2 heteroatoms. The van der Waals surface area contributed by atoms with Gasteiger partial charge in [0.1, 0.15) is 0 Å². The summed E-state index contributed by atoms with van der Waals surface area (Å²) in [7, 11) is 0. The zero-order valence-corrected chi connectivity index (χ0v) is 17.2. The Kier molecular flexibility index (Phi) is 12.0. The first-order chi connectivity index (χ1) is 9.39. The molecule has 0 aliphatic rings. The van der Waals surface area contributed by atoms with Gasteiger partial charge in [0.25, 0.3) is 0 Å². The van der Waals surface area contributed by atoms with Gasteiger partial charge < -0.3 is 0 Å². The number of halogens is 1. The first kappa shape index (κ1) is 20.9. The van der Waals surface area contributed by atoms with Crippen LogP contribution in [0.15, 0.2) is 0 Å². The predicted molar refractivity (Wildman–Crippen MR) is 104 cm³/mol. The fourth-order valence-corrected chi connectivity index (χ4v) is 4.87. The van der Waals surface area contributed by atoms with E-state index in [4.69, 9.17) is 0 Å². The summed E-state index contributed by atoms with van der Waals surface area (Å²) in [6.45, 7) is 9.59. The molecule has 0 saturated heterocycles. The van der Waals surface area contributed by atoms with Gasteiger partial charge in [0.2, 0.25) is 0 Å². The van der Waals surface area contributed by atoms with Crippen molar-refractivity contribution >= 4 is 20.8 Å². The van der Waals surface area contributed by atoms with E-state index in [-0.39, 0.29) is 0 Å². The SMILES string of the molecule is CCCCCCCCCCCCCCP(C)(C)(Br)CC. The quantitative estimate of drug-likeness (QED) is 0.217. The molecule has 0 N–H and O–H groups in total. The van der Waals surface area contributed by atoms with Crippen molar-refractivity contribution in [2.45, 2.75) is 90.9 Å². The van der Waals surface area contributed by atoms with Crippen molar-refractivity contribution in [2.75, 3.05) is 25.7 Å². The van der Waals surface area contributed by atoms with Gasteiger partial charge in [-0.05, 0) is 0 Å². The molecule has 0 atom stereocenters. The summed E-state index contributed by atoms with van der Waals surface area (Å²) in [5.41, 5.74) is 0. The van der Waals surface area contributed by atoms with Crippen LogP contribution < -0.4 is 0 Å². The van der Waals surface area contributed by atoms with E-state index >= 15 is 0 Å². The zero-order valence-electron chi connectivity index (χ0n) is 14.7. The molecule has 124 valence electrons. The first-order valence-corrected chi connectivity index (χ1v) is 14.6. The van der Waals surface area contributed by atoms with Crippen molar-refractivity contribution in [1.82, 2.24) is 0 Å². The van der Waals surface area contributed by atoms with E-state index < -0.39 is 5.31 Å². The van der Waals surface area contributed by atoms with E-state index in [1.54, 1.807) is 0 Å². The molecule has 0 saturated carbocycles. The number of hydrogen-bond acceptors (Lipinski definition) is 0. The number of rotatable bonds is 14. The molecule has 0 radical (unpaired) electrons. The molecule has 0 unspecified atom stereocenters. The van der Waals surface area contributed by atoms with E-state index in [1.807, 2.05) is 0 Å². The summed E-state index contributed by atoms with van der Waals surface area (Å²) in [5.74, 6) is 0. The van der Waals surface area contributed by atoms with E-state index in [0.29, 0.717) is 0 Å². The minimum absolute atomic E-state index is 1.34. The molecule has 0 nitrogen and oxygen atoms in total. The van der Waals surface area contributed by atoms with E-state index in [2.05, 4.69) is 42.7 Å². The normalized spacial score (nSPS) is 14.2. The summed E-state index contributed by atoms with van der Waals surface area (Å²) in [5, 5.41) is -1.42. The molecule has 0 fully saturated rings. The molecule has 0 aliphatic carbocycles. The Morgan fingerprint density at radius 2 is 0.950 bits per heavy atom. The minimum atomic E-state index is -1.42. The van der Waals surface area contributed by atoms with Crippen LogP contribution in [0.1, 0.15) is 90.9 Å². The van der Waals surface area contributed by atoms with Crippen LogP contribution in [0.4, 0.5) is 0 Å². The van der Waals surface area contributed by atoms with Crippen LogP contribution in [0.25, 0.3) is 0 Å². The topological polar surface area (TPSA) is 0 Å². The Morgan fingerprint density at radius 3 is 1.30 bits per heavy atom. The second-order valence-electron chi connectivity index (χ2n) is 7.44. The second kappa shape index (κ2) is 11.5. The van der Waals surface area contributed by atoms with Crippen LogP contribution in [0, 0.1) is 0 Å². The maximum atomic E-state index is 4.04. The summed E-state index contributed by atoms with van der Waals surface area (Å²) in [6.07, 6.45) is 20.2. The van der Waals surface area contributed by atoms with Crippen molar-refractivity contribution in [3.05, 3.63) is 0 Å². The Bertz CT molecular complexity index is 217. The van der Waals surface area contributed by atoms with Crippen LogP contribution in [-0.2, 0) is 0 Å². The van der Waals surface area contributed by atoms with E-state index in [1.165, 1.54) is 89.4 Å². The van der Waals surface area contributed by atoms with E-state index in [0.717, 1.165) is 0 Å². The van der Waals surface area contributed by atoms with Gasteiger partial charge in [-0.2, -0.15) is 0 Å². The summed E-state index contributed by atoms with van der Waals surface area (Å²) >= 11 is 4.04. The first-order valence-electron chi connectivity index (χ1n) is 9.11. The molecule has 0 aliphatic heterocycles. The van der Waals surface area contributed by atoms with Crippen molar-refractivity contribution in [2.24, 2.45) is 0 Å². The summed E-state index contributed by atoms with van der Waals surface area (Å²) < 4.78 is 0. The second-order valence-corrected chi connectivity index (χ2v) is 20.8. The molecule has 0 aromatic heterocycles. The fourth-order valence-electron chi connectivity index (χ4n) is 2.60. The third-order valence-electron chi connectivity index (χ3n) is 4.68. The molecule has 0 aromatic rings. The molecule has 0 rings (SSSR count). The third kappa shape index (κ3) is 13.9. The standard InChI is InChI=1S/C18H40BrP/c1-5-7-8-9-10-11-12-13-14-15-16-17-18-20(3,4,19)6-2/h5-18H2,1-4H3. The van der Waals surface area contributed by atoms with Gasteiger partial charge in [-0.15, -0.1) is 0 Å². The van der Waals surface area contributed by atoms with Gasteiger partial charge in [-0.3, -0.25) is 0 Å². The monoisotopic (exact) mass is 366 g/mol. The Labute approximate surface area is 137 Å². The average molecular weight is 367 g/mol. The van der Waals surface area contributed by atoms with Crippen molar-refractivity contribution < 1.29 is 0 Å². The van der Waals surface area contributed by atoms with E-state index in [9.17, 15) is 0 Å². The maximum absolute atomic E-state index is 4.04. The molecule has 0 amide bonds. The molecule has 0 bridgehead atoms. The van der Waals surface area contributed by atoms with Gasteiger partial charge in [0, 0.05) is 0 Å². The average Bonchev–Trinajstić information content (AvgIpc) is 2.40. The number of hydrogen-bond donors (Lipinski definition) is 0. The van der Waals surface area contributed by atoms with Crippen LogP contribution in [0.3, 0.4) is 0 Å². The fraction of sp³-hybridized carbons (Fsp3) is 1.00. The summed E-state index contributed by atoms with van der Waals surface area (Å²) in [6, 6.07) is 0. The van der Waals surface area contributed by atoms with Crippen LogP contribution in [0.2, 0.25) is 0 Å². The third-order valence-corrected chi connectivity index (χ3v) is 10.9. The zero-order chi connectivity index (χ0) is 15.3. The van der Waals surface area contributed by atoms with Gasteiger partial charge in [0.05, 0.1) is 0 Å². The van der Waals surface area contributed by atoms with Gasteiger partial charge in [-0.1, -0.05) is 13.3 Å². The van der Waals surface area contributed by atoms with Crippen LogP contribution >= 0.6 is 20.8 Å². The Morgan fingerprint density at radius 1 is 0.600 bits per heavy atom. The molecular formula is C18H40BrP. The summed E-state index contributed by atoms with van der Waals surface area (Å²) in [4.78, 5) is 0. The van der Waals surface area contributed by atoms with Crippen molar-refractivity contribution in [1.29, 1.82) is 0 Å². The van der Waals surface area contributed by atoms with Crippen molar-refractivity contribution in [3.63, 3.8) is 0 Å². The van der Waals surface area contributed by atoms with Gasteiger partial charge >= 0.3 is 124 Å². The predicted octanol–water partition coefficient (Wildman–Crippen LogP) is 7.83. The van der Waals surface area contributed by atoms with Crippen molar-refractivity contribution in [3.8, 4) is 0 Å². The van der Waals surface area contributed by atoms with Gasteiger partial charge in [-0.25, -0.2) is 0 Å². The number of unbranched alkanes of at least 4 members (excludes halogenated alkanes) is 11. The van der Waals surface area contributed by atoms with Gasteiger partial charge in [0.15, 0.2) is 0 Å². The Hall–Kier alpha value is 0.910. The Balaban J connectivity index is 3.22.